The third-order valence-corrected chi connectivity index (χ3v) is 5.07. The molecule has 1 N–H and O–H groups in total. The number of nitrogens with one attached hydrogen (secondary N) is 1. The predicted octanol–water partition coefficient (Wildman–Crippen LogP) is 4.50. The molecule has 2 heterocycles. The Kier molecular flexibility index (Phi) is 5.55. The van der Waals surface area contributed by atoms with E-state index in [4.69, 9.17) is 0 Å². The molecule has 4 nitrogen and oxygen atoms in total. The topological polar surface area (TPSA) is 54.9 Å². The Labute approximate surface area is 158 Å². The number of hydrogen-bond acceptors (Lipinski definition) is 4. The summed E-state index contributed by atoms with van der Waals surface area (Å²) in [6, 6.07) is 10.8. The van der Waals surface area contributed by atoms with Crippen LogP contribution in [0.3, 0.4) is 0 Å². The molecule has 1 amide bonds. The summed E-state index contributed by atoms with van der Waals surface area (Å²) < 4.78 is 39.0. The maximum absolute atomic E-state index is 13.0. The molecule has 0 aliphatic carbocycles. The van der Waals surface area contributed by atoms with E-state index in [1.165, 1.54) is 23.5 Å². The van der Waals surface area contributed by atoms with Crippen molar-refractivity contribution in [3.05, 3.63) is 70.4 Å². The summed E-state index contributed by atoms with van der Waals surface area (Å²) in [5, 5.41) is 3.30. The summed E-state index contributed by atoms with van der Waals surface area (Å²) >= 11 is 1.21. The molecular formula is C19H16F3N3OS. The van der Waals surface area contributed by atoms with Crippen LogP contribution in [0, 0.1) is 6.92 Å². The Hall–Kier alpha value is -2.74. The maximum Gasteiger partial charge on any atom is 0.416 e. The lowest BCUT2D eigenvalue weighted by Gasteiger charge is -2.12. The van der Waals surface area contributed by atoms with E-state index >= 15 is 0 Å². The number of pyridine rings is 1. The van der Waals surface area contributed by atoms with Gasteiger partial charge in [-0.25, -0.2) is 4.98 Å². The van der Waals surface area contributed by atoms with E-state index in [0.717, 1.165) is 6.07 Å². The number of carbonyl (C=O) groups excluding carboxylic acids is 1. The molecule has 2 aromatic heterocycles. The molecule has 0 saturated carbocycles. The van der Waals surface area contributed by atoms with Crippen LogP contribution in [0.4, 0.5) is 13.2 Å². The predicted molar refractivity (Wildman–Crippen MR) is 97.6 cm³/mol. The molecule has 0 aliphatic heterocycles. The summed E-state index contributed by atoms with van der Waals surface area (Å²) in [4.78, 5) is 21.4. The van der Waals surface area contributed by atoms with Gasteiger partial charge in [0.15, 0.2) is 0 Å². The van der Waals surface area contributed by atoms with Crippen molar-refractivity contribution in [2.45, 2.75) is 19.5 Å². The van der Waals surface area contributed by atoms with E-state index in [1.54, 1.807) is 31.3 Å². The first kappa shape index (κ1) is 19.0. The first-order valence-electron chi connectivity index (χ1n) is 8.18. The van der Waals surface area contributed by atoms with Crippen molar-refractivity contribution in [2.24, 2.45) is 0 Å². The number of alkyl halides is 3. The average molecular weight is 391 g/mol. The zero-order valence-corrected chi connectivity index (χ0v) is 15.2. The maximum atomic E-state index is 13.0. The normalized spacial score (nSPS) is 11.4. The van der Waals surface area contributed by atoms with Gasteiger partial charge in [0.1, 0.15) is 9.88 Å². The van der Waals surface area contributed by atoms with Crippen molar-refractivity contribution in [1.29, 1.82) is 0 Å². The quantitative estimate of drug-likeness (QED) is 0.697. The lowest BCUT2D eigenvalue weighted by atomic mass is 10.0. The number of aromatic nitrogens is 2. The summed E-state index contributed by atoms with van der Waals surface area (Å²) in [6.45, 7) is 1.82. The smallest absolute Gasteiger partial charge is 0.351 e. The highest BCUT2D eigenvalue weighted by Crippen LogP contribution is 2.32. The minimum atomic E-state index is -4.41. The van der Waals surface area contributed by atoms with Crippen LogP contribution in [0.2, 0.25) is 0 Å². The van der Waals surface area contributed by atoms with Crippen molar-refractivity contribution in [3.63, 3.8) is 0 Å². The molecule has 0 saturated heterocycles. The second kappa shape index (κ2) is 7.87. The largest absolute Gasteiger partial charge is 0.416 e. The van der Waals surface area contributed by atoms with Gasteiger partial charge in [-0.1, -0.05) is 24.3 Å². The van der Waals surface area contributed by atoms with Crippen LogP contribution in [0.1, 0.15) is 26.5 Å². The molecule has 0 aliphatic rings. The zero-order valence-electron chi connectivity index (χ0n) is 14.4. The molecule has 0 bridgehead atoms. The van der Waals surface area contributed by atoms with E-state index in [2.05, 4.69) is 15.3 Å². The van der Waals surface area contributed by atoms with E-state index in [-0.39, 0.29) is 24.4 Å². The van der Waals surface area contributed by atoms with Crippen LogP contribution in [0.25, 0.3) is 10.7 Å². The number of thiazole rings is 1. The molecule has 27 heavy (non-hydrogen) atoms. The van der Waals surface area contributed by atoms with Gasteiger partial charge >= 0.3 is 6.18 Å². The summed E-state index contributed by atoms with van der Waals surface area (Å²) in [6.07, 6.45) is -2.68. The van der Waals surface area contributed by atoms with Gasteiger partial charge in [0, 0.05) is 12.7 Å². The van der Waals surface area contributed by atoms with Crippen LogP contribution in [0.15, 0.2) is 48.7 Å². The standard InChI is InChI=1S/C19H16F3N3OS/c1-12-16(27-18(25-12)15-8-4-5-10-23-15)17(26)24-11-9-13-6-2-3-7-14(13)19(20,21)22/h2-8,10H,9,11H2,1H3,(H,24,26). The fraction of sp³-hybridized carbons (Fsp3) is 0.211. The Morgan fingerprint density at radius 3 is 2.59 bits per heavy atom. The van der Waals surface area contributed by atoms with Crippen LogP contribution >= 0.6 is 11.3 Å². The van der Waals surface area contributed by atoms with E-state index in [1.807, 2.05) is 6.07 Å². The van der Waals surface area contributed by atoms with Crippen LogP contribution < -0.4 is 5.32 Å². The van der Waals surface area contributed by atoms with Gasteiger partial charge in [0.25, 0.3) is 5.91 Å². The van der Waals surface area contributed by atoms with Gasteiger partial charge in [0.2, 0.25) is 0 Å². The first-order chi connectivity index (χ1) is 12.9. The summed E-state index contributed by atoms with van der Waals surface area (Å²) in [5.41, 5.74) is 0.712. The number of rotatable bonds is 5. The SMILES string of the molecule is Cc1nc(-c2ccccn2)sc1C(=O)NCCc1ccccc1C(F)(F)F. The van der Waals surface area contributed by atoms with E-state index < -0.39 is 11.7 Å². The number of nitrogens with zero attached hydrogens (tertiary/aromatic N) is 2. The highest BCUT2D eigenvalue weighted by atomic mass is 32.1. The number of halogens is 3. The molecule has 0 spiro atoms. The Bertz CT molecular complexity index is 939. The molecule has 0 fully saturated rings. The van der Waals surface area contributed by atoms with Crippen molar-refractivity contribution in [3.8, 4) is 10.7 Å². The lowest BCUT2D eigenvalue weighted by molar-refractivity contribution is -0.138. The number of amides is 1. The monoisotopic (exact) mass is 391 g/mol. The second-order valence-corrected chi connectivity index (χ2v) is 6.81. The average Bonchev–Trinajstić information content (AvgIpc) is 3.04. The minimum Gasteiger partial charge on any atom is -0.351 e. The number of aryl methyl sites for hydroxylation is 1. The highest BCUT2D eigenvalue weighted by molar-refractivity contribution is 7.17. The molecule has 140 valence electrons. The highest BCUT2D eigenvalue weighted by Gasteiger charge is 2.32. The van der Waals surface area contributed by atoms with Crippen molar-refractivity contribution in [1.82, 2.24) is 15.3 Å². The first-order valence-corrected chi connectivity index (χ1v) is 9.00. The summed E-state index contributed by atoms with van der Waals surface area (Å²) in [5.74, 6) is -0.350. The number of carbonyl (C=O) groups is 1. The minimum absolute atomic E-state index is 0.0897. The second-order valence-electron chi connectivity index (χ2n) is 5.81. The van der Waals surface area contributed by atoms with Crippen molar-refractivity contribution >= 4 is 17.2 Å². The number of hydrogen-bond donors (Lipinski definition) is 1. The van der Waals surface area contributed by atoms with Gasteiger partial charge in [-0.3, -0.25) is 9.78 Å². The molecule has 3 rings (SSSR count). The molecule has 8 heteroatoms. The van der Waals surface area contributed by atoms with Gasteiger partial charge in [-0.2, -0.15) is 13.2 Å². The third kappa shape index (κ3) is 4.51. The van der Waals surface area contributed by atoms with E-state index in [9.17, 15) is 18.0 Å². The Morgan fingerprint density at radius 2 is 1.89 bits per heavy atom. The van der Waals surface area contributed by atoms with Crippen molar-refractivity contribution in [2.75, 3.05) is 6.54 Å². The molecule has 0 radical (unpaired) electrons. The fourth-order valence-corrected chi connectivity index (χ4v) is 3.57. The van der Waals surface area contributed by atoms with Gasteiger partial charge < -0.3 is 5.32 Å². The molecule has 3 aromatic rings. The summed E-state index contributed by atoms with van der Waals surface area (Å²) in [7, 11) is 0. The molecule has 1 aromatic carbocycles. The van der Waals surface area contributed by atoms with Crippen LogP contribution in [-0.4, -0.2) is 22.4 Å². The number of benzene rings is 1. The van der Waals surface area contributed by atoms with Gasteiger partial charge in [0.05, 0.1) is 17.0 Å². The molecular weight excluding hydrogens is 375 g/mol. The Balaban J connectivity index is 1.67. The van der Waals surface area contributed by atoms with Crippen LogP contribution in [0.5, 0.6) is 0 Å². The third-order valence-electron chi connectivity index (χ3n) is 3.89. The molecule has 0 unspecified atom stereocenters. The zero-order chi connectivity index (χ0) is 19.4. The van der Waals surface area contributed by atoms with Crippen LogP contribution in [-0.2, 0) is 12.6 Å². The van der Waals surface area contributed by atoms with E-state index in [0.29, 0.717) is 21.3 Å². The van der Waals surface area contributed by atoms with Gasteiger partial charge in [-0.05, 0) is 37.1 Å². The Morgan fingerprint density at radius 1 is 1.15 bits per heavy atom. The fourth-order valence-electron chi connectivity index (χ4n) is 2.61. The van der Waals surface area contributed by atoms with Crippen molar-refractivity contribution < 1.29 is 18.0 Å². The van der Waals surface area contributed by atoms with Gasteiger partial charge in [-0.15, -0.1) is 11.3 Å². The molecule has 0 atom stereocenters. The lowest BCUT2D eigenvalue weighted by Crippen LogP contribution is -2.26.